The standard InChI is InChI=1S/C28H26N4O4S/c1-17-9-22(26-23(10-17)31-20(13-29-26)15-34-3)27-32-25-18(2)11-21(12-24(25)37-27)36-16-30-28(33)35-14-19-7-5-4-6-8-19/h4-13H,14-16H2,1-3H3,(H,30,33). The van der Waals surface area contributed by atoms with Crippen LogP contribution in [0.15, 0.2) is 60.8 Å². The van der Waals surface area contributed by atoms with E-state index in [-0.39, 0.29) is 13.3 Å². The lowest BCUT2D eigenvalue weighted by Gasteiger charge is -2.09. The van der Waals surface area contributed by atoms with E-state index in [1.807, 2.05) is 62.4 Å². The van der Waals surface area contributed by atoms with Crippen LogP contribution >= 0.6 is 11.3 Å². The average molecular weight is 515 g/mol. The van der Waals surface area contributed by atoms with E-state index in [0.29, 0.717) is 12.4 Å². The summed E-state index contributed by atoms with van der Waals surface area (Å²) in [5, 5.41) is 3.48. The molecule has 0 aliphatic heterocycles. The minimum Gasteiger partial charge on any atom is -0.473 e. The number of nitrogens with zero attached hydrogens (tertiary/aromatic N) is 3. The molecule has 0 atom stereocenters. The van der Waals surface area contributed by atoms with Crippen LogP contribution < -0.4 is 10.1 Å². The number of rotatable bonds is 8. The van der Waals surface area contributed by atoms with Crippen molar-refractivity contribution in [2.24, 2.45) is 0 Å². The van der Waals surface area contributed by atoms with Crippen molar-refractivity contribution < 1.29 is 19.0 Å². The molecular formula is C28H26N4O4S. The highest BCUT2D eigenvalue weighted by atomic mass is 32.1. The average Bonchev–Trinajstić information content (AvgIpc) is 3.32. The number of nitrogens with one attached hydrogen (secondary N) is 1. The SMILES string of the molecule is COCc1cnc2c(-c3nc4c(C)cc(OCNC(=O)OCc5ccccc5)cc4s3)cc(C)cc2n1. The van der Waals surface area contributed by atoms with Crippen molar-refractivity contribution in [2.45, 2.75) is 27.1 Å². The second-order valence-electron chi connectivity index (χ2n) is 8.61. The number of ether oxygens (including phenoxy) is 3. The van der Waals surface area contributed by atoms with Gasteiger partial charge in [-0.05, 0) is 54.8 Å². The molecule has 37 heavy (non-hydrogen) atoms. The number of benzene rings is 3. The Bertz CT molecular complexity index is 1570. The smallest absolute Gasteiger partial charge is 0.410 e. The van der Waals surface area contributed by atoms with Crippen molar-refractivity contribution in [1.29, 1.82) is 0 Å². The Hall–Kier alpha value is -4.08. The Morgan fingerprint density at radius 3 is 2.65 bits per heavy atom. The topological polar surface area (TPSA) is 95.5 Å². The van der Waals surface area contributed by atoms with Gasteiger partial charge in [0, 0.05) is 12.7 Å². The van der Waals surface area contributed by atoms with Crippen LogP contribution in [0.5, 0.6) is 5.75 Å². The van der Waals surface area contributed by atoms with Crippen molar-refractivity contribution in [3.63, 3.8) is 0 Å². The molecule has 9 heteroatoms. The zero-order valence-electron chi connectivity index (χ0n) is 20.8. The number of aromatic nitrogens is 3. The van der Waals surface area contributed by atoms with Gasteiger partial charge in [0.1, 0.15) is 17.4 Å². The van der Waals surface area contributed by atoms with E-state index in [0.717, 1.165) is 54.2 Å². The first-order valence-corrected chi connectivity index (χ1v) is 12.6. The molecule has 0 unspecified atom stereocenters. The van der Waals surface area contributed by atoms with Gasteiger partial charge in [-0.3, -0.25) is 10.3 Å². The molecule has 8 nitrogen and oxygen atoms in total. The van der Waals surface area contributed by atoms with Gasteiger partial charge in [-0.15, -0.1) is 11.3 Å². The Balaban J connectivity index is 1.32. The zero-order chi connectivity index (χ0) is 25.8. The molecule has 5 rings (SSSR count). The van der Waals surface area contributed by atoms with Gasteiger partial charge in [-0.2, -0.15) is 0 Å². The summed E-state index contributed by atoms with van der Waals surface area (Å²) in [7, 11) is 1.64. The Kier molecular flexibility index (Phi) is 7.25. The van der Waals surface area contributed by atoms with Gasteiger partial charge in [-0.25, -0.2) is 14.8 Å². The fourth-order valence-electron chi connectivity index (χ4n) is 4.00. The normalized spacial score (nSPS) is 11.1. The largest absolute Gasteiger partial charge is 0.473 e. The number of fused-ring (bicyclic) bond motifs is 2. The molecule has 0 aliphatic carbocycles. The first kappa shape index (κ1) is 24.6. The summed E-state index contributed by atoms with van der Waals surface area (Å²) in [5.41, 5.74) is 7.23. The third-order valence-corrected chi connectivity index (χ3v) is 6.73. The van der Waals surface area contributed by atoms with Crippen molar-refractivity contribution in [3.8, 4) is 16.3 Å². The summed E-state index contributed by atoms with van der Waals surface area (Å²) in [6.45, 7) is 4.63. The molecule has 0 bridgehead atoms. The van der Waals surface area contributed by atoms with E-state index in [1.165, 1.54) is 0 Å². The minimum absolute atomic E-state index is 0.00779. The summed E-state index contributed by atoms with van der Waals surface area (Å²) in [6, 6.07) is 17.5. The van der Waals surface area contributed by atoms with Crippen molar-refractivity contribution >= 4 is 38.7 Å². The number of aryl methyl sites for hydroxylation is 2. The maximum absolute atomic E-state index is 12.0. The number of methoxy groups -OCH3 is 1. The van der Waals surface area contributed by atoms with Crippen LogP contribution in [-0.4, -0.2) is 34.9 Å². The number of carbonyl (C=O) groups excluding carboxylic acids is 1. The van der Waals surface area contributed by atoms with Crippen LogP contribution in [-0.2, 0) is 22.7 Å². The minimum atomic E-state index is -0.539. The van der Waals surface area contributed by atoms with Crippen molar-refractivity contribution in [1.82, 2.24) is 20.3 Å². The van der Waals surface area contributed by atoms with Gasteiger partial charge in [0.2, 0.25) is 0 Å². The van der Waals surface area contributed by atoms with E-state index in [2.05, 4.69) is 16.4 Å². The van der Waals surface area contributed by atoms with Gasteiger partial charge in [0.05, 0.1) is 39.7 Å². The summed E-state index contributed by atoms with van der Waals surface area (Å²) in [4.78, 5) is 26.3. The molecule has 0 saturated carbocycles. The fourth-order valence-corrected chi connectivity index (χ4v) is 5.09. The molecule has 2 aromatic heterocycles. The first-order valence-electron chi connectivity index (χ1n) is 11.7. The number of alkyl carbamates (subject to hydrolysis) is 1. The van der Waals surface area contributed by atoms with Crippen LogP contribution in [0.25, 0.3) is 31.8 Å². The number of hydrogen-bond donors (Lipinski definition) is 1. The van der Waals surface area contributed by atoms with E-state index in [9.17, 15) is 4.79 Å². The Morgan fingerprint density at radius 2 is 1.84 bits per heavy atom. The van der Waals surface area contributed by atoms with E-state index in [1.54, 1.807) is 24.6 Å². The second-order valence-corrected chi connectivity index (χ2v) is 9.64. The predicted molar refractivity (Wildman–Crippen MR) is 144 cm³/mol. The molecule has 2 heterocycles. The maximum atomic E-state index is 12.0. The Morgan fingerprint density at radius 1 is 1.00 bits per heavy atom. The highest BCUT2D eigenvalue weighted by Gasteiger charge is 2.15. The third kappa shape index (κ3) is 5.68. The summed E-state index contributed by atoms with van der Waals surface area (Å²) >= 11 is 1.57. The van der Waals surface area contributed by atoms with Crippen LogP contribution in [0.1, 0.15) is 22.4 Å². The summed E-state index contributed by atoms with van der Waals surface area (Å²) in [5.74, 6) is 0.640. The quantitative estimate of drug-likeness (QED) is 0.256. The molecule has 1 N–H and O–H groups in total. The summed E-state index contributed by atoms with van der Waals surface area (Å²) < 4.78 is 17.2. The first-order chi connectivity index (χ1) is 18.0. The zero-order valence-corrected chi connectivity index (χ0v) is 21.6. The fraction of sp³-hybridized carbons (Fsp3) is 0.214. The Labute approximate surface area is 218 Å². The van der Waals surface area contributed by atoms with E-state index in [4.69, 9.17) is 24.2 Å². The maximum Gasteiger partial charge on any atom is 0.410 e. The molecule has 1 amide bonds. The van der Waals surface area contributed by atoms with Crippen molar-refractivity contribution in [2.75, 3.05) is 13.8 Å². The highest BCUT2D eigenvalue weighted by molar-refractivity contribution is 7.21. The van der Waals surface area contributed by atoms with Gasteiger partial charge < -0.3 is 14.2 Å². The monoisotopic (exact) mass is 514 g/mol. The lowest BCUT2D eigenvalue weighted by Crippen LogP contribution is -2.28. The predicted octanol–water partition coefficient (Wildman–Crippen LogP) is 5.93. The van der Waals surface area contributed by atoms with Crippen LogP contribution in [0.2, 0.25) is 0 Å². The number of hydrogen-bond acceptors (Lipinski definition) is 8. The van der Waals surface area contributed by atoms with Gasteiger partial charge >= 0.3 is 6.09 Å². The number of thiazole rings is 1. The molecule has 0 radical (unpaired) electrons. The summed E-state index contributed by atoms with van der Waals surface area (Å²) in [6.07, 6.45) is 1.20. The molecule has 188 valence electrons. The third-order valence-electron chi connectivity index (χ3n) is 5.69. The molecule has 0 aliphatic rings. The van der Waals surface area contributed by atoms with Gasteiger partial charge in [-0.1, -0.05) is 30.3 Å². The highest BCUT2D eigenvalue weighted by Crippen LogP contribution is 2.37. The molecule has 0 spiro atoms. The van der Waals surface area contributed by atoms with Gasteiger partial charge in [0.15, 0.2) is 6.73 Å². The van der Waals surface area contributed by atoms with E-state index < -0.39 is 6.09 Å². The number of amides is 1. The van der Waals surface area contributed by atoms with Crippen LogP contribution in [0, 0.1) is 13.8 Å². The van der Waals surface area contributed by atoms with Crippen LogP contribution in [0.3, 0.4) is 0 Å². The van der Waals surface area contributed by atoms with E-state index >= 15 is 0 Å². The van der Waals surface area contributed by atoms with Crippen molar-refractivity contribution in [3.05, 3.63) is 83.2 Å². The molecule has 0 fully saturated rings. The number of carbonyl (C=O) groups is 1. The van der Waals surface area contributed by atoms with Gasteiger partial charge in [0.25, 0.3) is 0 Å². The lowest BCUT2D eigenvalue weighted by atomic mass is 10.1. The van der Waals surface area contributed by atoms with Crippen LogP contribution in [0.4, 0.5) is 4.79 Å². The molecule has 0 saturated heterocycles. The molecular weight excluding hydrogens is 488 g/mol. The molecule has 3 aromatic carbocycles. The molecule has 5 aromatic rings. The second kappa shape index (κ2) is 10.9. The lowest BCUT2D eigenvalue weighted by molar-refractivity contribution is 0.130.